The average molecular weight is 518 g/mol. The number of amides is 2. The van der Waals surface area contributed by atoms with Crippen LogP contribution in [-0.4, -0.2) is 23.2 Å². The minimum Gasteiger partial charge on any atom is -0.493 e. The molecule has 0 aromatic heterocycles. The zero-order chi connectivity index (χ0) is 24.2. The van der Waals surface area contributed by atoms with Crippen molar-refractivity contribution in [2.24, 2.45) is 0 Å². The summed E-state index contributed by atoms with van der Waals surface area (Å²) in [6, 6.07) is 16.3. The van der Waals surface area contributed by atoms with Crippen LogP contribution in [0.5, 0.6) is 11.5 Å². The van der Waals surface area contributed by atoms with Gasteiger partial charge in [0.15, 0.2) is 11.5 Å². The van der Waals surface area contributed by atoms with Crippen molar-refractivity contribution < 1.29 is 23.5 Å². The van der Waals surface area contributed by atoms with Crippen LogP contribution in [0.2, 0.25) is 10.0 Å². The van der Waals surface area contributed by atoms with E-state index >= 15 is 0 Å². The lowest BCUT2D eigenvalue weighted by molar-refractivity contribution is -0.123. The smallest absolute Gasteiger partial charge is 0.293 e. The van der Waals surface area contributed by atoms with Crippen LogP contribution in [0.3, 0.4) is 0 Å². The van der Waals surface area contributed by atoms with Crippen molar-refractivity contribution in [3.05, 3.63) is 98.1 Å². The van der Waals surface area contributed by atoms with Gasteiger partial charge in [-0.05, 0) is 64.9 Å². The monoisotopic (exact) mass is 517 g/mol. The van der Waals surface area contributed by atoms with E-state index in [1.54, 1.807) is 54.6 Å². The van der Waals surface area contributed by atoms with Gasteiger partial charge in [-0.3, -0.25) is 14.5 Å². The first-order chi connectivity index (χ1) is 16.4. The van der Waals surface area contributed by atoms with Crippen LogP contribution in [-0.2, 0) is 17.9 Å². The van der Waals surface area contributed by atoms with E-state index in [0.717, 1.165) is 22.2 Å². The highest BCUT2D eigenvalue weighted by Crippen LogP contribution is 2.39. The molecule has 1 heterocycles. The van der Waals surface area contributed by atoms with E-state index in [1.807, 2.05) is 0 Å². The maximum absolute atomic E-state index is 13.1. The van der Waals surface area contributed by atoms with Crippen LogP contribution in [0.15, 0.2) is 65.6 Å². The van der Waals surface area contributed by atoms with E-state index in [9.17, 15) is 14.0 Å². The van der Waals surface area contributed by atoms with Gasteiger partial charge in [-0.2, -0.15) is 0 Å². The molecule has 0 bridgehead atoms. The Kier molecular flexibility index (Phi) is 7.46. The van der Waals surface area contributed by atoms with Crippen LogP contribution in [0.4, 0.5) is 9.18 Å². The third kappa shape index (κ3) is 5.38. The van der Waals surface area contributed by atoms with Crippen LogP contribution in [0.1, 0.15) is 16.7 Å². The van der Waals surface area contributed by atoms with Crippen molar-refractivity contribution in [3.63, 3.8) is 0 Å². The van der Waals surface area contributed by atoms with Crippen molar-refractivity contribution in [2.75, 3.05) is 7.11 Å². The predicted octanol–water partition coefficient (Wildman–Crippen LogP) is 6.96. The lowest BCUT2D eigenvalue weighted by Gasteiger charge is -2.14. The summed E-state index contributed by atoms with van der Waals surface area (Å²) in [5.41, 5.74) is 2.01. The van der Waals surface area contributed by atoms with Gasteiger partial charge in [0.2, 0.25) is 0 Å². The summed E-state index contributed by atoms with van der Waals surface area (Å²) in [6.07, 6.45) is 1.58. The van der Waals surface area contributed by atoms with Gasteiger partial charge in [0.25, 0.3) is 11.1 Å². The molecule has 4 rings (SSSR count). The van der Waals surface area contributed by atoms with Crippen LogP contribution in [0.25, 0.3) is 6.08 Å². The SMILES string of the molecule is COc1cc(/C=C2\SC(=O)N(Cc3ccccc3Cl)C2=O)cc(Cl)c1OCc1ccc(F)cc1. The standard InChI is InChI=1S/C25H18Cl2FNO4S/c1-32-21-11-16(10-20(27)23(21)33-14-15-6-8-18(28)9-7-15)12-22-24(30)29(25(31)34-22)13-17-4-2-3-5-19(17)26/h2-12H,13-14H2,1H3/b22-12-. The zero-order valence-corrected chi connectivity index (χ0v) is 20.2. The van der Waals surface area contributed by atoms with Gasteiger partial charge in [0.05, 0.1) is 23.6 Å². The van der Waals surface area contributed by atoms with E-state index in [1.165, 1.54) is 19.2 Å². The molecule has 0 spiro atoms. The fraction of sp³-hybridized carbons (Fsp3) is 0.120. The quantitative estimate of drug-likeness (QED) is 0.317. The molecular weight excluding hydrogens is 500 g/mol. The Bertz CT molecular complexity index is 1280. The molecular formula is C25H18Cl2FNO4S. The maximum atomic E-state index is 13.1. The summed E-state index contributed by atoms with van der Waals surface area (Å²) in [5.74, 6) is -0.0738. The molecule has 1 fully saturated rings. The van der Waals surface area contributed by atoms with Gasteiger partial charge < -0.3 is 9.47 Å². The van der Waals surface area contributed by atoms with Crippen molar-refractivity contribution >= 4 is 52.2 Å². The van der Waals surface area contributed by atoms with E-state index in [4.69, 9.17) is 32.7 Å². The zero-order valence-electron chi connectivity index (χ0n) is 17.9. The Morgan fingerprint density at radius 1 is 1.03 bits per heavy atom. The third-order valence-corrected chi connectivity index (χ3v) is 6.56. The van der Waals surface area contributed by atoms with Crippen LogP contribution >= 0.6 is 35.0 Å². The molecule has 1 aliphatic rings. The number of ether oxygens (including phenoxy) is 2. The summed E-state index contributed by atoms with van der Waals surface area (Å²) in [4.78, 5) is 26.8. The first kappa shape index (κ1) is 24.1. The van der Waals surface area contributed by atoms with E-state index in [-0.39, 0.29) is 34.1 Å². The van der Waals surface area contributed by atoms with Gasteiger partial charge in [-0.25, -0.2) is 4.39 Å². The Balaban J connectivity index is 1.53. The predicted molar refractivity (Wildman–Crippen MR) is 132 cm³/mol. The number of hydrogen-bond donors (Lipinski definition) is 0. The minimum atomic E-state index is -0.415. The second kappa shape index (κ2) is 10.5. The fourth-order valence-electron chi connectivity index (χ4n) is 3.28. The van der Waals surface area contributed by atoms with Gasteiger partial charge >= 0.3 is 0 Å². The molecule has 0 aliphatic carbocycles. The van der Waals surface area contributed by atoms with Gasteiger partial charge in [-0.1, -0.05) is 53.5 Å². The number of carbonyl (C=O) groups excluding carboxylic acids is 2. The molecule has 0 radical (unpaired) electrons. The van der Waals surface area contributed by atoms with Crippen molar-refractivity contribution in [1.82, 2.24) is 4.90 Å². The number of thioether (sulfide) groups is 1. The van der Waals surface area contributed by atoms with Gasteiger partial charge in [0.1, 0.15) is 12.4 Å². The summed E-state index contributed by atoms with van der Waals surface area (Å²) < 4.78 is 24.3. The summed E-state index contributed by atoms with van der Waals surface area (Å²) >= 11 is 13.4. The highest BCUT2D eigenvalue weighted by Gasteiger charge is 2.35. The highest BCUT2D eigenvalue weighted by molar-refractivity contribution is 8.18. The number of rotatable bonds is 7. The Hall–Kier alpha value is -3.00. The van der Waals surface area contributed by atoms with E-state index in [2.05, 4.69) is 0 Å². The van der Waals surface area contributed by atoms with Crippen LogP contribution in [0, 0.1) is 5.82 Å². The molecule has 9 heteroatoms. The van der Waals surface area contributed by atoms with Crippen molar-refractivity contribution in [3.8, 4) is 11.5 Å². The molecule has 3 aromatic rings. The fourth-order valence-corrected chi connectivity index (χ4v) is 4.59. The molecule has 0 N–H and O–H groups in total. The second-order valence-corrected chi connectivity index (χ2v) is 9.12. The van der Waals surface area contributed by atoms with Gasteiger partial charge in [0, 0.05) is 5.02 Å². The maximum Gasteiger partial charge on any atom is 0.293 e. The highest BCUT2D eigenvalue weighted by atomic mass is 35.5. The number of carbonyl (C=O) groups is 2. The van der Waals surface area contributed by atoms with E-state index in [0.29, 0.717) is 27.6 Å². The molecule has 0 unspecified atom stereocenters. The molecule has 0 saturated carbocycles. The minimum absolute atomic E-state index is 0.0852. The summed E-state index contributed by atoms with van der Waals surface area (Å²) in [5, 5.41) is 0.370. The van der Waals surface area contributed by atoms with Gasteiger partial charge in [-0.15, -0.1) is 0 Å². The molecule has 1 saturated heterocycles. The number of hydrogen-bond acceptors (Lipinski definition) is 5. The number of halogens is 3. The Morgan fingerprint density at radius 3 is 2.47 bits per heavy atom. The number of imide groups is 1. The summed E-state index contributed by atoms with van der Waals surface area (Å²) in [7, 11) is 1.47. The Morgan fingerprint density at radius 2 is 1.76 bits per heavy atom. The van der Waals surface area contributed by atoms with Crippen molar-refractivity contribution in [2.45, 2.75) is 13.2 Å². The molecule has 5 nitrogen and oxygen atoms in total. The van der Waals surface area contributed by atoms with Crippen molar-refractivity contribution in [1.29, 1.82) is 0 Å². The second-order valence-electron chi connectivity index (χ2n) is 7.31. The number of methoxy groups -OCH3 is 1. The third-order valence-electron chi connectivity index (χ3n) is 5.01. The number of benzene rings is 3. The molecule has 174 valence electrons. The first-order valence-electron chi connectivity index (χ1n) is 10.1. The van der Waals surface area contributed by atoms with Crippen LogP contribution < -0.4 is 9.47 Å². The summed E-state index contributed by atoms with van der Waals surface area (Å²) in [6.45, 7) is 0.249. The largest absolute Gasteiger partial charge is 0.493 e. The molecule has 0 atom stereocenters. The first-order valence-corrected chi connectivity index (χ1v) is 11.7. The lowest BCUT2D eigenvalue weighted by Crippen LogP contribution is -2.27. The van der Waals surface area contributed by atoms with E-state index < -0.39 is 5.91 Å². The molecule has 34 heavy (non-hydrogen) atoms. The molecule has 1 aliphatic heterocycles. The molecule has 2 amide bonds. The normalized spacial score (nSPS) is 14.7. The number of nitrogens with zero attached hydrogens (tertiary/aromatic N) is 1. The topological polar surface area (TPSA) is 55.8 Å². The molecule has 3 aromatic carbocycles. The Labute approximate surface area is 210 Å². The lowest BCUT2D eigenvalue weighted by atomic mass is 10.1. The average Bonchev–Trinajstić information content (AvgIpc) is 3.07.